The lowest BCUT2D eigenvalue weighted by Gasteiger charge is -2.35. The van der Waals surface area contributed by atoms with E-state index < -0.39 is 6.04 Å². The predicted molar refractivity (Wildman–Crippen MR) is 120 cm³/mol. The summed E-state index contributed by atoms with van der Waals surface area (Å²) >= 11 is 3.36. The highest BCUT2D eigenvalue weighted by Gasteiger charge is 2.53. The number of amides is 1. The Kier molecular flexibility index (Phi) is 5.20. The van der Waals surface area contributed by atoms with Crippen LogP contribution in [0.5, 0.6) is 11.5 Å². The Morgan fingerprint density at radius 2 is 2.00 bits per heavy atom. The number of halogens is 1. The first kappa shape index (κ1) is 21.0. The van der Waals surface area contributed by atoms with Gasteiger partial charge in [0.15, 0.2) is 23.0 Å². The van der Waals surface area contributed by atoms with Crippen molar-refractivity contribution in [1.82, 2.24) is 4.98 Å². The zero-order valence-corrected chi connectivity index (χ0v) is 19.4. The summed E-state index contributed by atoms with van der Waals surface area (Å²) in [5, 5.41) is 10.3. The highest BCUT2D eigenvalue weighted by Crippen LogP contribution is 2.49. The Morgan fingerprint density at radius 3 is 2.75 bits per heavy atom. The highest BCUT2D eigenvalue weighted by molar-refractivity contribution is 9.10. The third kappa shape index (κ3) is 3.20. The van der Waals surface area contributed by atoms with E-state index in [0.29, 0.717) is 21.4 Å². The number of aromatic hydroxyl groups is 1. The smallest absolute Gasteiger partial charge is 0.295 e. The number of phenolic OH excluding ortho intramolecular Hbond substituents is 1. The fourth-order valence-corrected chi connectivity index (χ4v) is 5.42. The standard InChI is InChI=1S/C24H23BrN2O5/c1-12-7-8-26-18(9-12)27-20(13-10-15(25)22(29)17(11-13)31-2)19-21(28)14-5-3-4-6-16(14)32-23(19)24(27)30/h7-11,14,16,20,29H,3-6H2,1-2H3. The summed E-state index contributed by atoms with van der Waals surface area (Å²) in [5.74, 6) is 0.106. The molecule has 0 saturated heterocycles. The lowest BCUT2D eigenvalue weighted by molar-refractivity contribution is -0.131. The lowest BCUT2D eigenvalue weighted by Crippen LogP contribution is -2.39. The van der Waals surface area contributed by atoms with E-state index in [4.69, 9.17) is 9.47 Å². The number of benzene rings is 1. The quantitative estimate of drug-likeness (QED) is 0.675. The number of carbonyl (C=O) groups excluding carboxylic acids is 2. The topological polar surface area (TPSA) is 89.0 Å². The molecule has 2 aliphatic heterocycles. The number of anilines is 1. The monoisotopic (exact) mass is 498 g/mol. The molecule has 0 bridgehead atoms. The van der Waals surface area contributed by atoms with Gasteiger partial charge in [-0.05, 0) is 77.5 Å². The Balaban J connectivity index is 1.70. The summed E-state index contributed by atoms with van der Waals surface area (Å²) in [7, 11) is 1.46. The van der Waals surface area contributed by atoms with E-state index in [9.17, 15) is 14.7 Å². The molecule has 1 aromatic heterocycles. The van der Waals surface area contributed by atoms with Crippen LogP contribution in [-0.4, -0.2) is 35.0 Å². The van der Waals surface area contributed by atoms with Crippen molar-refractivity contribution in [3.05, 3.63) is 57.4 Å². The van der Waals surface area contributed by atoms with Gasteiger partial charge in [-0.2, -0.15) is 0 Å². The number of phenols is 1. The Hall–Kier alpha value is -2.87. The minimum atomic E-state index is -0.729. The van der Waals surface area contributed by atoms with Crippen LogP contribution < -0.4 is 9.64 Å². The van der Waals surface area contributed by atoms with Gasteiger partial charge in [-0.1, -0.05) is 6.42 Å². The van der Waals surface area contributed by atoms with Crippen molar-refractivity contribution in [2.45, 2.75) is 44.8 Å². The molecule has 5 rings (SSSR count). The van der Waals surface area contributed by atoms with Crippen LogP contribution in [0.3, 0.4) is 0 Å². The Bertz CT molecular complexity index is 1160. The van der Waals surface area contributed by atoms with Crippen LogP contribution in [0.1, 0.15) is 42.9 Å². The molecule has 3 atom stereocenters. The number of aromatic nitrogens is 1. The number of hydrogen-bond acceptors (Lipinski definition) is 6. The van der Waals surface area contributed by atoms with Crippen molar-refractivity contribution in [3.63, 3.8) is 0 Å². The van der Waals surface area contributed by atoms with Gasteiger partial charge in [-0.15, -0.1) is 0 Å². The molecule has 7 nitrogen and oxygen atoms in total. The normalized spacial score (nSPS) is 24.8. The average Bonchev–Trinajstić information content (AvgIpc) is 3.08. The molecule has 166 valence electrons. The van der Waals surface area contributed by atoms with Gasteiger partial charge in [0.05, 0.1) is 29.1 Å². The third-order valence-corrected chi connectivity index (χ3v) is 7.10. The fourth-order valence-electron chi connectivity index (χ4n) is 4.96. The Morgan fingerprint density at radius 1 is 1.22 bits per heavy atom. The molecule has 32 heavy (non-hydrogen) atoms. The fraction of sp³-hybridized carbons (Fsp3) is 0.375. The molecule has 0 spiro atoms. The van der Waals surface area contributed by atoms with Gasteiger partial charge >= 0.3 is 0 Å². The van der Waals surface area contributed by atoms with E-state index >= 15 is 0 Å². The number of pyridine rings is 1. The van der Waals surface area contributed by atoms with Gasteiger partial charge in [0.25, 0.3) is 5.91 Å². The zero-order chi connectivity index (χ0) is 22.6. The van der Waals surface area contributed by atoms with Crippen LogP contribution in [0.2, 0.25) is 0 Å². The second-order valence-electron chi connectivity index (χ2n) is 8.48. The molecular formula is C24H23BrN2O5. The molecule has 1 fully saturated rings. The number of aryl methyl sites for hydroxylation is 1. The van der Waals surface area contributed by atoms with Crippen molar-refractivity contribution in [2.75, 3.05) is 12.0 Å². The van der Waals surface area contributed by atoms with Crippen molar-refractivity contribution in [3.8, 4) is 11.5 Å². The second kappa shape index (κ2) is 7.92. The summed E-state index contributed by atoms with van der Waals surface area (Å²) in [6, 6.07) is 6.29. The van der Waals surface area contributed by atoms with E-state index in [1.165, 1.54) is 12.0 Å². The summed E-state index contributed by atoms with van der Waals surface area (Å²) < 4.78 is 11.9. The number of ether oxygens (including phenoxy) is 2. The number of carbonyl (C=O) groups is 2. The van der Waals surface area contributed by atoms with E-state index in [1.54, 1.807) is 18.3 Å². The van der Waals surface area contributed by atoms with Gasteiger partial charge in [0.2, 0.25) is 0 Å². The molecule has 1 saturated carbocycles. The lowest BCUT2D eigenvalue weighted by atomic mass is 9.77. The maximum absolute atomic E-state index is 13.7. The number of fused-ring (bicyclic) bond motifs is 1. The van der Waals surface area contributed by atoms with Gasteiger partial charge in [-0.25, -0.2) is 4.98 Å². The van der Waals surface area contributed by atoms with Gasteiger partial charge in [-0.3, -0.25) is 14.5 Å². The third-order valence-electron chi connectivity index (χ3n) is 6.50. The van der Waals surface area contributed by atoms with E-state index in [1.807, 2.05) is 19.1 Å². The molecule has 3 heterocycles. The molecular weight excluding hydrogens is 476 g/mol. The van der Waals surface area contributed by atoms with Crippen LogP contribution in [-0.2, 0) is 14.3 Å². The van der Waals surface area contributed by atoms with E-state index in [2.05, 4.69) is 20.9 Å². The second-order valence-corrected chi connectivity index (χ2v) is 9.33. The summed E-state index contributed by atoms with van der Waals surface area (Å²) in [6.07, 6.45) is 4.87. The number of methoxy groups -OCH3 is 1. The molecule has 1 aliphatic carbocycles. The maximum Gasteiger partial charge on any atom is 0.295 e. The zero-order valence-electron chi connectivity index (χ0n) is 17.8. The van der Waals surface area contributed by atoms with Crippen LogP contribution in [0.4, 0.5) is 5.82 Å². The van der Waals surface area contributed by atoms with Crippen molar-refractivity contribution < 1.29 is 24.2 Å². The minimum absolute atomic E-state index is 0.0346. The molecule has 1 amide bonds. The van der Waals surface area contributed by atoms with Crippen LogP contribution in [0, 0.1) is 12.8 Å². The molecule has 1 aromatic carbocycles. The van der Waals surface area contributed by atoms with E-state index in [-0.39, 0.29) is 41.0 Å². The van der Waals surface area contributed by atoms with Gasteiger partial charge < -0.3 is 14.6 Å². The first-order valence-corrected chi connectivity index (χ1v) is 11.5. The SMILES string of the molecule is COc1cc(C2C3=C(OC4CCCCC4C3=O)C(=O)N2c2cc(C)ccn2)cc(Br)c1O. The number of rotatable bonds is 3. The first-order chi connectivity index (χ1) is 15.4. The Labute approximate surface area is 194 Å². The number of ketones is 1. The average molecular weight is 499 g/mol. The highest BCUT2D eigenvalue weighted by atomic mass is 79.9. The molecule has 1 N–H and O–H groups in total. The first-order valence-electron chi connectivity index (χ1n) is 10.7. The number of hydrogen-bond donors (Lipinski definition) is 1. The number of Topliss-reactive ketones (excluding diaryl/α,β-unsaturated/α-hetero) is 1. The van der Waals surface area contributed by atoms with Gasteiger partial charge in [0, 0.05) is 6.20 Å². The molecule has 3 unspecified atom stereocenters. The van der Waals surface area contributed by atoms with Crippen LogP contribution in [0.25, 0.3) is 0 Å². The largest absolute Gasteiger partial charge is 0.503 e. The molecule has 3 aliphatic rings. The van der Waals surface area contributed by atoms with Crippen molar-refractivity contribution in [1.29, 1.82) is 0 Å². The van der Waals surface area contributed by atoms with Crippen LogP contribution >= 0.6 is 15.9 Å². The van der Waals surface area contributed by atoms with Gasteiger partial charge in [0.1, 0.15) is 11.9 Å². The summed E-state index contributed by atoms with van der Waals surface area (Å²) in [5.41, 5.74) is 1.93. The molecule has 0 radical (unpaired) electrons. The molecule has 2 aromatic rings. The summed E-state index contributed by atoms with van der Waals surface area (Å²) in [6.45, 7) is 1.92. The van der Waals surface area contributed by atoms with Crippen molar-refractivity contribution in [2.24, 2.45) is 5.92 Å². The predicted octanol–water partition coefficient (Wildman–Crippen LogP) is 4.37. The maximum atomic E-state index is 13.7. The number of nitrogens with zero attached hydrogens (tertiary/aromatic N) is 2. The van der Waals surface area contributed by atoms with Crippen LogP contribution in [0.15, 0.2) is 46.3 Å². The minimum Gasteiger partial charge on any atom is -0.503 e. The molecule has 8 heteroatoms. The van der Waals surface area contributed by atoms with E-state index in [0.717, 1.165) is 31.2 Å². The van der Waals surface area contributed by atoms with Crippen molar-refractivity contribution >= 4 is 33.4 Å². The summed E-state index contributed by atoms with van der Waals surface area (Å²) in [4.78, 5) is 33.3.